The van der Waals surface area contributed by atoms with Crippen LogP contribution in [0, 0.1) is 0 Å². The summed E-state index contributed by atoms with van der Waals surface area (Å²) in [6, 6.07) is 15.3. The average molecular weight is 488 g/mol. The lowest BCUT2D eigenvalue weighted by atomic mass is 10.0. The van der Waals surface area contributed by atoms with Crippen molar-refractivity contribution in [1.82, 2.24) is 25.0 Å². The molecule has 0 aliphatic carbocycles. The van der Waals surface area contributed by atoms with E-state index in [1.54, 1.807) is 10.7 Å². The molecule has 3 heterocycles. The van der Waals surface area contributed by atoms with Crippen LogP contribution in [-0.4, -0.2) is 56.9 Å². The predicted molar refractivity (Wildman–Crippen MR) is 134 cm³/mol. The third kappa shape index (κ3) is 4.62. The Labute approximate surface area is 208 Å². The Bertz CT molecular complexity index is 1390. The molecule has 0 bridgehead atoms. The Balaban J connectivity index is 1.37. The molecular weight excluding hydrogens is 458 g/mol. The summed E-state index contributed by atoms with van der Waals surface area (Å²) in [5.74, 6) is -0.595. The molecule has 0 unspecified atom stereocenters. The lowest BCUT2D eigenvalue weighted by molar-refractivity contribution is 0.0602. The van der Waals surface area contributed by atoms with Crippen molar-refractivity contribution in [3.8, 4) is 0 Å². The number of benzene rings is 2. The number of aliphatic hydroxyl groups is 1. The van der Waals surface area contributed by atoms with Crippen LogP contribution in [-0.2, 0) is 37.3 Å². The van der Waals surface area contributed by atoms with Gasteiger partial charge < -0.3 is 20.1 Å². The summed E-state index contributed by atoms with van der Waals surface area (Å²) < 4.78 is 6.68. The lowest BCUT2D eigenvalue weighted by Gasteiger charge is -2.27. The largest absolute Gasteiger partial charge is 0.465 e. The van der Waals surface area contributed by atoms with Crippen molar-refractivity contribution in [2.75, 3.05) is 20.3 Å². The van der Waals surface area contributed by atoms with Crippen LogP contribution in [0.5, 0.6) is 0 Å². The number of carbonyl (C=O) groups is 2. The molecule has 186 valence electrons. The van der Waals surface area contributed by atoms with Gasteiger partial charge in [0.05, 0.1) is 31.3 Å². The van der Waals surface area contributed by atoms with E-state index in [4.69, 9.17) is 4.74 Å². The van der Waals surface area contributed by atoms with Crippen molar-refractivity contribution in [2.45, 2.75) is 32.6 Å². The topological polar surface area (TPSA) is 112 Å². The van der Waals surface area contributed by atoms with E-state index in [9.17, 15) is 14.7 Å². The molecule has 1 aliphatic rings. The first-order valence-corrected chi connectivity index (χ1v) is 12.0. The number of rotatable bonds is 8. The number of aromatic nitrogens is 3. The van der Waals surface area contributed by atoms with Crippen molar-refractivity contribution in [1.29, 1.82) is 0 Å². The molecule has 1 aliphatic heterocycles. The van der Waals surface area contributed by atoms with Gasteiger partial charge in [0, 0.05) is 55.4 Å². The first-order valence-electron chi connectivity index (χ1n) is 12.0. The average Bonchev–Trinajstić information content (AvgIpc) is 3.49. The molecule has 1 amide bonds. The zero-order valence-corrected chi connectivity index (χ0v) is 20.2. The van der Waals surface area contributed by atoms with Gasteiger partial charge >= 0.3 is 5.97 Å². The molecule has 2 aromatic heterocycles. The normalized spacial score (nSPS) is 13.5. The van der Waals surface area contributed by atoms with Gasteiger partial charge in [-0.25, -0.2) is 4.79 Å². The maximum absolute atomic E-state index is 13.1. The number of H-pyrrole nitrogens is 1. The molecule has 0 atom stereocenters. The monoisotopic (exact) mass is 487 g/mol. The fourth-order valence-electron chi connectivity index (χ4n) is 4.87. The van der Waals surface area contributed by atoms with Crippen LogP contribution in [0.3, 0.4) is 0 Å². The molecule has 3 N–H and O–H groups in total. The number of hydrogen-bond donors (Lipinski definition) is 3. The van der Waals surface area contributed by atoms with Gasteiger partial charge in [0.2, 0.25) is 0 Å². The van der Waals surface area contributed by atoms with Crippen molar-refractivity contribution in [3.05, 3.63) is 88.4 Å². The number of para-hydroxylation sites is 1. The number of aliphatic hydroxyl groups excluding tert-OH is 1. The SMILES string of the molecule is COC(=O)c1cccc2c(CN3CCc4c(c(C(=O)NCc5ccccc5)nn4CCO)C3)c[nH]c12. The standard InChI is InChI=1S/C27H29N5O4/c1-36-27(35)21-9-5-8-20-19(15-28-24(20)21)16-31-11-10-23-22(17-31)25(30-32(23)12-13-33)26(34)29-14-18-6-3-2-4-7-18/h2-9,15,28,33H,10-14,16-17H2,1H3,(H,29,34). The van der Waals surface area contributed by atoms with Gasteiger partial charge in [-0.3, -0.25) is 14.4 Å². The number of hydrogen-bond acceptors (Lipinski definition) is 6. The Morgan fingerprint density at radius 2 is 2.00 bits per heavy atom. The summed E-state index contributed by atoms with van der Waals surface area (Å²) in [5.41, 5.74) is 5.65. The number of ether oxygens (including phenoxy) is 1. The minimum Gasteiger partial charge on any atom is -0.465 e. The second-order valence-electron chi connectivity index (χ2n) is 8.88. The first-order chi connectivity index (χ1) is 17.6. The Morgan fingerprint density at radius 1 is 1.17 bits per heavy atom. The summed E-state index contributed by atoms with van der Waals surface area (Å²) in [5, 5.41) is 18.0. The summed E-state index contributed by atoms with van der Waals surface area (Å²) in [6.45, 7) is 2.74. The number of esters is 1. The van der Waals surface area contributed by atoms with Crippen LogP contribution in [0.4, 0.5) is 0 Å². The van der Waals surface area contributed by atoms with E-state index in [1.165, 1.54) is 7.11 Å². The van der Waals surface area contributed by atoms with Gasteiger partial charge in [0.25, 0.3) is 5.91 Å². The third-order valence-electron chi connectivity index (χ3n) is 6.64. The van der Waals surface area contributed by atoms with Crippen LogP contribution in [0.1, 0.15) is 43.2 Å². The molecule has 0 saturated carbocycles. The van der Waals surface area contributed by atoms with Crippen LogP contribution in [0.2, 0.25) is 0 Å². The fraction of sp³-hybridized carbons (Fsp3) is 0.296. The van der Waals surface area contributed by atoms with Gasteiger partial charge in [-0.2, -0.15) is 5.10 Å². The molecule has 2 aromatic carbocycles. The smallest absolute Gasteiger partial charge is 0.339 e. The highest BCUT2D eigenvalue weighted by atomic mass is 16.5. The maximum atomic E-state index is 13.1. The highest BCUT2D eigenvalue weighted by molar-refractivity contribution is 6.03. The van der Waals surface area contributed by atoms with E-state index in [0.29, 0.717) is 37.4 Å². The zero-order valence-electron chi connectivity index (χ0n) is 20.2. The van der Waals surface area contributed by atoms with E-state index in [-0.39, 0.29) is 18.5 Å². The minimum absolute atomic E-state index is 0.0409. The molecular formula is C27H29N5O4. The summed E-state index contributed by atoms with van der Waals surface area (Å²) in [6.07, 6.45) is 2.65. The van der Waals surface area contributed by atoms with Crippen molar-refractivity contribution < 1.29 is 19.4 Å². The van der Waals surface area contributed by atoms with Gasteiger partial charge in [-0.15, -0.1) is 0 Å². The van der Waals surface area contributed by atoms with E-state index in [2.05, 4.69) is 20.3 Å². The molecule has 0 spiro atoms. The number of carbonyl (C=O) groups excluding carboxylic acids is 2. The summed E-state index contributed by atoms with van der Waals surface area (Å²) in [4.78, 5) is 30.8. The van der Waals surface area contributed by atoms with Crippen LogP contribution in [0.15, 0.2) is 54.7 Å². The minimum atomic E-state index is -0.376. The molecule has 0 radical (unpaired) electrons. The zero-order chi connectivity index (χ0) is 25.1. The van der Waals surface area contributed by atoms with Gasteiger partial charge in [0.1, 0.15) is 0 Å². The Hall–Kier alpha value is -3.95. The molecule has 9 heteroatoms. The van der Waals surface area contributed by atoms with E-state index < -0.39 is 0 Å². The van der Waals surface area contributed by atoms with Crippen molar-refractivity contribution in [3.63, 3.8) is 0 Å². The number of amides is 1. The van der Waals surface area contributed by atoms with E-state index >= 15 is 0 Å². The molecule has 4 aromatic rings. The summed E-state index contributed by atoms with van der Waals surface area (Å²) >= 11 is 0. The van der Waals surface area contributed by atoms with Gasteiger partial charge in [0.15, 0.2) is 5.69 Å². The van der Waals surface area contributed by atoms with E-state index in [0.717, 1.165) is 46.3 Å². The van der Waals surface area contributed by atoms with Crippen molar-refractivity contribution >= 4 is 22.8 Å². The molecule has 0 saturated heterocycles. The Morgan fingerprint density at radius 3 is 2.78 bits per heavy atom. The second kappa shape index (κ2) is 10.3. The summed E-state index contributed by atoms with van der Waals surface area (Å²) in [7, 11) is 1.38. The molecule has 0 fully saturated rings. The fourth-order valence-corrected chi connectivity index (χ4v) is 4.87. The number of nitrogens with zero attached hydrogens (tertiary/aromatic N) is 3. The van der Waals surface area contributed by atoms with Crippen LogP contribution < -0.4 is 5.32 Å². The molecule has 36 heavy (non-hydrogen) atoms. The second-order valence-corrected chi connectivity index (χ2v) is 8.88. The first kappa shape index (κ1) is 23.8. The highest BCUT2D eigenvalue weighted by Crippen LogP contribution is 2.28. The maximum Gasteiger partial charge on any atom is 0.339 e. The third-order valence-corrected chi connectivity index (χ3v) is 6.64. The number of aromatic amines is 1. The number of fused-ring (bicyclic) bond motifs is 2. The van der Waals surface area contributed by atoms with Crippen LogP contribution >= 0.6 is 0 Å². The van der Waals surface area contributed by atoms with Gasteiger partial charge in [-0.1, -0.05) is 42.5 Å². The van der Waals surface area contributed by atoms with Gasteiger partial charge in [-0.05, 0) is 17.2 Å². The Kier molecular flexibility index (Phi) is 6.84. The highest BCUT2D eigenvalue weighted by Gasteiger charge is 2.28. The molecule has 9 nitrogen and oxygen atoms in total. The number of methoxy groups -OCH3 is 1. The quantitative estimate of drug-likeness (QED) is 0.330. The van der Waals surface area contributed by atoms with Crippen molar-refractivity contribution in [2.24, 2.45) is 0 Å². The number of nitrogens with one attached hydrogen (secondary N) is 2. The van der Waals surface area contributed by atoms with Crippen LogP contribution in [0.25, 0.3) is 10.9 Å². The lowest BCUT2D eigenvalue weighted by Crippen LogP contribution is -2.32. The predicted octanol–water partition coefficient (Wildman–Crippen LogP) is 2.63. The molecule has 5 rings (SSSR count). The van der Waals surface area contributed by atoms with E-state index in [1.807, 2.05) is 48.7 Å².